The van der Waals surface area contributed by atoms with E-state index in [1.165, 1.54) is 0 Å². The van der Waals surface area contributed by atoms with E-state index in [1.807, 2.05) is 6.92 Å². The predicted octanol–water partition coefficient (Wildman–Crippen LogP) is 2.53. The third-order valence-electron chi connectivity index (χ3n) is 2.25. The van der Waals surface area contributed by atoms with Crippen molar-refractivity contribution in [2.24, 2.45) is 0 Å². The molecule has 0 atom stereocenters. The van der Waals surface area contributed by atoms with Crippen molar-refractivity contribution in [3.8, 4) is 5.75 Å². The summed E-state index contributed by atoms with van der Waals surface area (Å²) in [7, 11) is 0. The molecule has 5 heteroatoms. The third kappa shape index (κ3) is 6.04. The van der Waals surface area contributed by atoms with E-state index in [0.717, 1.165) is 24.3 Å². The first-order chi connectivity index (χ1) is 9.65. The summed E-state index contributed by atoms with van der Waals surface area (Å²) in [6.45, 7) is 4.68. The molecule has 0 radical (unpaired) electrons. The van der Waals surface area contributed by atoms with Gasteiger partial charge in [0.1, 0.15) is 5.75 Å². The summed E-state index contributed by atoms with van der Waals surface area (Å²) in [4.78, 5) is 22.6. The minimum absolute atomic E-state index is 0.282. The lowest BCUT2D eigenvalue weighted by molar-refractivity contribution is -0.137. The number of ether oxygens (including phenoxy) is 2. The summed E-state index contributed by atoms with van der Waals surface area (Å²) in [6, 6.07) is 7.03. The van der Waals surface area contributed by atoms with Crippen LogP contribution in [0.25, 0.3) is 0 Å². The minimum Gasteiger partial charge on any atom is -0.494 e. The maximum Gasteiger partial charge on any atom is 0.330 e. The van der Waals surface area contributed by atoms with Gasteiger partial charge in [0.25, 0.3) is 0 Å². The Morgan fingerprint density at radius 3 is 2.45 bits per heavy atom. The largest absolute Gasteiger partial charge is 0.494 e. The predicted molar refractivity (Wildman–Crippen MR) is 76.6 cm³/mol. The van der Waals surface area contributed by atoms with Gasteiger partial charge in [0.2, 0.25) is 5.91 Å². The Bertz CT molecular complexity index is 465. The molecule has 20 heavy (non-hydrogen) atoms. The topological polar surface area (TPSA) is 64.6 Å². The molecule has 0 fully saturated rings. The van der Waals surface area contributed by atoms with E-state index >= 15 is 0 Å². The minimum atomic E-state index is -0.536. The first kappa shape index (κ1) is 15.8. The Labute approximate surface area is 118 Å². The van der Waals surface area contributed by atoms with Gasteiger partial charge in [0.15, 0.2) is 0 Å². The monoisotopic (exact) mass is 277 g/mol. The number of benzene rings is 1. The first-order valence-electron chi connectivity index (χ1n) is 6.54. The fourth-order valence-corrected chi connectivity index (χ4v) is 1.37. The number of amides is 1. The van der Waals surface area contributed by atoms with Gasteiger partial charge in [-0.2, -0.15) is 0 Å². The lowest BCUT2D eigenvalue weighted by atomic mass is 10.3. The molecule has 0 aliphatic rings. The van der Waals surface area contributed by atoms with Gasteiger partial charge in [-0.25, -0.2) is 4.79 Å². The van der Waals surface area contributed by atoms with E-state index in [2.05, 4.69) is 10.1 Å². The van der Waals surface area contributed by atoms with Crippen LogP contribution in [0, 0.1) is 0 Å². The number of hydrogen-bond acceptors (Lipinski definition) is 4. The van der Waals surface area contributed by atoms with Crippen molar-refractivity contribution in [2.45, 2.75) is 20.3 Å². The van der Waals surface area contributed by atoms with Crippen molar-refractivity contribution in [3.63, 3.8) is 0 Å². The molecule has 0 aliphatic heterocycles. The molecule has 0 aliphatic carbocycles. The summed E-state index contributed by atoms with van der Waals surface area (Å²) >= 11 is 0. The second-order valence-electron chi connectivity index (χ2n) is 3.95. The van der Waals surface area contributed by atoms with Gasteiger partial charge >= 0.3 is 5.97 Å². The summed E-state index contributed by atoms with van der Waals surface area (Å²) in [5.41, 5.74) is 0.632. The number of esters is 1. The lowest BCUT2D eigenvalue weighted by Crippen LogP contribution is -2.09. The van der Waals surface area contributed by atoms with Gasteiger partial charge in [-0.15, -0.1) is 0 Å². The van der Waals surface area contributed by atoms with Crippen molar-refractivity contribution < 1.29 is 19.1 Å². The zero-order valence-electron chi connectivity index (χ0n) is 11.7. The molecule has 0 spiro atoms. The Morgan fingerprint density at radius 1 is 1.15 bits per heavy atom. The number of hydrogen-bond donors (Lipinski definition) is 1. The third-order valence-corrected chi connectivity index (χ3v) is 2.25. The number of anilines is 1. The van der Waals surface area contributed by atoms with Crippen molar-refractivity contribution in [1.82, 2.24) is 0 Å². The molecule has 0 saturated heterocycles. The molecule has 5 nitrogen and oxygen atoms in total. The molecule has 1 amide bonds. The molecule has 0 saturated carbocycles. The molecule has 1 aromatic carbocycles. The highest BCUT2D eigenvalue weighted by Crippen LogP contribution is 2.15. The highest BCUT2D eigenvalue weighted by molar-refractivity contribution is 6.02. The molecular formula is C15H19NO4. The second kappa shape index (κ2) is 8.74. The fraction of sp³-hybridized carbons (Fsp3) is 0.333. The van der Waals surface area contributed by atoms with Crippen molar-refractivity contribution in [2.75, 3.05) is 18.5 Å². The van der Waals surface area contributed by atoms with Crippen molar-refractivity contribution in [3.05, 3.63) is 36.4 Å². The Morgan fingerprint density at radius 2 is 1.85 bits per heavy atom. The zero-order chi connectivity index (χ0) is 14.8. The van der Waals surface area contributed by atoms with Crippen LogP contribution >= 0.6 is 0 Å². The molecule has 0 bridgehead atoms. The van der Waals surface area contributed by atoms with Crippen LogP contribution in [-0.4, -0.2) is 25.1 Å². The standard InChI is InChI=1S/C15H19NO4/c1-3-11-20-13-7-5-12(6-8-13)16-14(17)9-10-15(18)19-4-2/h5-10H,3-4,11H2,1-2H3,(H,16,17). The Balaban J connectivity index is 2.47. The van der Waals surface area contributed by atoms with E-state index in [-0.39, 0.29) is 12.5 Å². The molecule has 0 unspecified atom stereocenters. The molecule has 1 rings (SSSR count). The molecule has 0 aromatic heterocycles. The van der Waals surface area contributed by atoms with Gasteiger partial charge < -0.3 is 14.8 Å². The normalized spacial score (nSPS) is 10.3. The number of rotatable bonds is 7. The van der Waals surface area contributed by atoms with Gasteiger partial charge in [-0.3, -0.25) is 4.79 Å². The molecule has 0 heterocycles. The lowest BCUT2D eigenvalue weighted by Gasteiger charge is -2.06. The van der Waals surface area contributed by atoms with E-state index in [0.29, 0.717) is 12.3 Å². The van der Waals surface area contributed by atoms with E-state index in [1.54, 1.807) is 31.2 Å². The summed E-state index contributed by atoms with van der Waals surface area (Å²) in [5, 5.41) is 2.63. The number of carbonyl (C=O) groups excluding carboxylic acids is 2. The van der Waals surface area contributed by atoms with Crippen molar-refractivity contribution in [1.29, 1.82) is 0 Å². The maximum atomic E-state index is 11.5. The molecule has 1 aromatic rings. The van der Waals surface area contributed by atoms with Crippen LogP contribution < -0.4 is 10.1 Å². The van der Waals surface area contributed by atoms with Gasteiger partial charge in [0.05, 0.1) is 13.2 Å². The average molecular weight is 277 g/mol. The van der Waals surface area contributed by atoms with Gasteiger partial charge in [-0.05, 0) is 37.6 Å². The number of carbonyl (C=O) groups is 2. The van der Waals surface area contributed by atoms with Gasteiger partial charge in [-0.1, -0.05) is 6.92 Å². The van der Waals surface area contributed by atoms with Gasteiger partial charge in [0, 0.05) is 17.8 Å². The van der Waals surface area contributed by atoms with Crippen LogP contribution in [0.3, 0.4) is 0 Å². The summed E-state index contributed by atoms with van der Waals surface area (Å²) in [6.07, 6.45) is 3.17. The zero-order valence-corrected chi connectivity index (χ0v) is 11.7. The smallest absolute Gasteiger partial charge is 0.330 e. The van der Waals surface area contributed by atoms with Crippen LogP contribution in [-0.2, 0) is 14.3 Å². The SMILES string of the molecule is CCCOc1ccc(NC(=O)C=CC(=O)OCC)cc1. The summed E-state index contributed by atoms with van der Waals surface area (Å²) in [5.74, 6) is -0.168. The quantitative estimate of drug-likeness (QED) is 0.614. The van der Waals surface area contributed by atoms with Crippen LogP contribution in [0.1, 0.15) is 20.3 Å². The maximum absolute atomic E-state index is 11.5. The van der Waals surface area contributed by atoms with Crippen LogP contribution in [0.2, 0.25) is 0 Å². The molecular weight excluding hydrogens is 258 g/mol. The summed E-state index contributed by atoms with van der Waals surface area (Å²) < 4.78 is 10.1. The van der Waals surface area contributed by atoms with Crippen LogP contribution in [0.15, 0.2) is 36.4 Å². The fourth-order valence-electron chi connectivity index (χ4n) is 1.37. The Kier molecular flexibility index (Phi) is 6.89. The van der Waals surface area contributed by atoms with E-state index < -0.39 is 5.97 Å². The van der Waals surface area contributed by atoms with E-state index in [4.69, 9.17) is 4.74 Å². The molecule has 1 N–H and O–H groups in total. The first-order valence-corrected chi connectivity index (χ1v) is 6.54. The van der Waals surface area contributed by atoms with E-state index in [9.17, 15) is 9.59 Å². The van der Waals surface area contributed by atoms with Crippen LogP contribution in [0.5, 0.6) is 5.75 Å². The number of nitrogens with one attached hydrogen (secondary N) is 1. The highest BCUT2D eigenvalue weighted by Gasteiger charge is 2.00. The van der Waals surface area contributed by atoms with Crippen LogP contribution in [0.4, 0.5) is 5.69 Å². The highest BCUT2D eigenvalue weighted by atomic mass is 16.5. The second-order valence-corrected chi connectivity index (χ2v) is 3.95. The van der Waals surface area contributed by atoms with Crippen molar-refractivity contribution >= 4 is 17.6 Å². The molecule has 108 valence electrons. The average Bonchev–Trinajstić information content (AvgIpc) is 2.45. The Hall–Kier alpha value is -2.30.